The molecule has 1 atom stereocenters. The SMILES string of the molecule is OC1CCCCCC(O)(O)CC1. The van der Waals surface area contributed by atoms with Gasteiger partial charge in [-0.3, -0.25) is 0 Å². The highest BCUT2D eigenvalue weighted by atomic mass is 16.5. The van der Waals surface area contributed by atoms with Crippen LogP contribution in [0.5, 0.6) is 0 Å². The average molecular weight is 174 g/mol. The third-order valence-electron chi connectivity index (χ3n) is 2.49. The molecule has 3 N–H and O–H groups in total. The van der Waals surface area contributed by atoms with Crippen molar-refractivity contribution < 1.29 is 15.3 Å². The van der Waals surface area contributed by atoms with E-state index in [1.165, 1.54) is 0 Å². The van der Waals surface area contributed by atoms with Gasteiger partial charge in [0.2, 0.25) is 0 Å². The van der Waals surface area contributed by atoms with Gasteiger partial charge >= 0.3 is 0 Å². The molecule has 1 unspecified atom stereocenters. The number of aliphatic hydroxyl groups is 3. The van der Waals surface area contributed by atoms with E-state index in [9.17, 15) is 15.3 Å². The molecule has 1 saturated carbocycles. The first-order valence-corrected chi connectivity index (χ1v) is 4.73. The maximum Gasteiger partial charge on any atom is 0.162 e. The topological polar surface area (TPSA) is 60.7 Å². The molecular formula is C9H18O3. The maximum absolute atomic E-state index is 9.37. The third-order valence-corrected chi connectivity index (χ3v) is 2.49. The van der Waals surface area contributed by atoms with Gasteiger partial charge in [-0.15, -0.1) is 0 Å². The van der Waals surface area contributed by atoms with Crippen LogP contribution in [0.15, 0.2) is 0 Å². The van der Waals surface area contributed by atoms with Gasteiger partial charge < -0.3 is 15.3 Å². The number of aliphatic hydroxyl groups excluding tert-OH is 1. The van der Waals surface area contributed by atoms with E-state index in [-0.39, 0.29) is 6.10 Å². The molecule has 3 heteroatoms. The van der Waals surface area contributed by atoms with E-state index in [4.69, 9.17) is 0 Å². The molecule has 0 aliphatic heterocycles. The summed E-state index contributed by atoms with van der Waals surface area (Å²) >= 11 is 0. The van der Waals surface area contributed by atoms with Crippen LogP contribution in [-0.2, 0) is 0 Å². The van der Waals surface area contributed by atoms with Crippen molar-refractivity contribution in [2.75, 3.05) is 0 Å². The molecule has 12 heavy (non-hydrogen) atoms. The van der Waals surface area contributed by atoms with Crippen molar-refractivity contribution in [2.24, 2.45) is 0 Å². The van der Waals surface area contributed by atoms with E-state index < -0.39 is 5.79 Å². The number of rotatable bonds is 0. The van der Waals surface area contributed by atoms with E-state index in [0.29, 0.717) is 19.3 Å². The summed E-state index contributed by atoms with van der Waals surface area (Å²) in [7, 11) is 0. The fourth-order valence-electron chi connectivity index (χ4n) is 1.63. The smallest absolute Gasteiger partial charge is 0.162 e. The first-order chi connectivity index (χ1) is 5.60. The molecule has 0 heterocycles. The zero-order valence-corrected chi connectivity index (χ0v) is 7.37. The first kappa shape index (κ1) is 9.96. The fraction of sp³-hybridized carbons (Fsp3) is 1.00. The molecule has 0 aromatic rings. The summed E-state index contributed by atoms with van der Waals surface area (Å²) in [5.41, 5.74) is 0. The van der Waals surface area contributed by atoms with Crippen molar-refractivity contribution >= 4 is 0 Å². The Bertz CT molecular complexity index is 134. The molecule has 0 aromatic carbocycles. The van der Waals surface area contributed by atoms with Crippen LogP contribution in [0.25, 0.3) is 0 Å². The molecule has 1 rings (SSSR count). The van der Waals surface area contributed by atoms with Crippen LogP contribution in [0.1, 0.15) is 44.9 Å². The lowest BCUT2D eigenvalue weighted by molar-refractivity contribution is -0.174. The average Bonchev–Trinajstić information content (AvgIpc) is 2.05. The molecule has 1 fully saturated rings. The van der Waals surface area contributed by atoms with Crippen molar-refractivity contribution in [3.63, 3.8) is 0 Å². The van der Waals surface area contributed by atoms with Crippen LogP contribution in [0.4, 0.5) is 0 Å². The second-order valence-electron chi connectivity index (χ2n) is 3.77. The lowest BCUT2D eigenvalue weighted by Crippen LogP contribution is -2.28. The highest BCUT2D eigenvalue weighted by Gasteiger charge is 2.24. The minimum absolute atomic E-state index is 0.300. The highest BCUT2D eigenvalue weighted by molar-refractivity contribution is 4.70. The zero-order valence-electron chi connectivity index (χ0n) is 7.37. The quantitative estimate of drug-likeness (QED) is 0.475. The van der Waals surface area contributed by atoms with Gasteiger partial charge in [0.1, 0.15) is 0 Å². The lowest BCUT2D eigenvalue weighted by Gasteiger charge is -2.21. The van der Waals surface area contributed by atoms with E-state index in [1.54, 1.807) is 0 Å². The Morgan fingerprint density at radius 2 is 1.67 bits per heavy atom. The highest BCUT2D eigenvalue weighted by Crippen LogP contribution is 2.23. The summed E-state index contributed by atoms with van der Waals surface area (Å²) in [6.45, 7) is 0. The predicted molar refractivity (Wildman–Crippen MR) is 45.5 cm³/mol. The van der Waals surface area contributed by atoms with Crippen LogP contribution in [0.3, 0.4) is 0 Å². The molecular weight excluding hydrogens is 156 g/mol. The monoisotopic (exact) mass is 174 g/mol. The molecule has 3 nitrogen and oxygen atoms in total. The van der Waals surface area contributed by atoms with E-state index in [2.05, 4.69) is 0 Å². The molecule has 0 spiro atoms. The van der Waals surface area contributed by atoms with Crippen molar-refractivity contribution in [1.29, 1.82) is 0 Å². The Kier molecular flexibility index (Phi) is 3.50. The second kappa shape index (κ2) is 4.21. The molecule has 0 amide bonds. The fourth-order valence-corrected chi connectivity index (χ4v) is 1.63. The van der Waals surface area contributed by atoms with Gasteiger partial charge in [-0.05, 0) is 19.3 Å². The Labute approximate surface area is 73.0 Å². The van der Waals surface area contributed by atoms with Crippen molar-refractivity contribution in [1.82, 2.24) is 0 Å². The molecule has 0 saturated heterocycles. The van der Waals surface area contributed by atoms with Gasteiger partial charge in [0.25, 0.3) is 0 Å². The van der Waals surface area contributed by atoms with Crippen LogP contribution in [0.2, 0.25) is 0 Å². The first-order valence-electron chi connectivity index (χ1n) is 4.73. The Hall–Kier alpha value is -0.120. The summed E-state index contributed by atoms with van der Waals surface area (Å²) in [6.07, 6.45) is 4.54. The summed E-state index contributed by atoms with van der Waals surface area (Å²) in [4.78, 5) is 0. The summed E-state index contributed by atoms with van der Waals surface area (Å²) in [5, 5.41) is 28.1. The molecule has 0 radical (unpaired) electrons. The molecule has 0 aromatic heterocycles. The van der Waals surface area contributed by atoms with Crippen molar-refractivity contribution in [3.05, 3.63) is 0 Å². The molecule has 1 aliphatic carbocycles. The van der Waals surface area contributed by atoms with Gasteiger partial charge in [-0.2, -0.15) is 0 Å². The molecule has 0 bridgehead atoms. The Morgan fingerprint density at radius 3 is 2.42 bits per heavy atom. The van der Waals surface area contributed by atoms with Crippen LogP contribution < -0.4 is 0 Å². The number of hydrogen-bond acceptors (Lipinski definition) is 3. The van der Waals surface area contributed by atoms with Crippen LogP contribution in [-0.4, -0.2) is 27.2 Å². The third kappa shape index (κ3) is 3.52. The van der Waals surface area contributed by atoms with Crippen LogP contribution in [0, 0.1) is 0 Å². The van der Waals surface area contributed by atoms with E-state index in [0.717, 1.165) is 25.7 Å². The van der Waals surface area contributed by atoms with Gasteiger partial charge in [0.15, 0.2) is 5.79 Å². The Morgan fingerprint density at radius 1 is 0.917 bits per heavy atom. The van der Waals surface area contributed by atoms with Crippen molar-refractivity contribution in [2.45, 2.75) is 56.8 Å². The summed E-state index contributed by atoms with van der Waals surface area (Å²) in [6, 6.07) is 0. The minimum atomic E-state index is -1.54. The van der Waals surface area contributed by atoms with Crippen LogP contribution >= 0.6 is 0 Å². The van der Waals surface area contributed by atoms with E-state index >= 15 is 0 Å². The van der Waals surface area contributed by atoms with Gasteiger partial charge in [0.05, 0.1) is 6.10 Å². The standard InChI is InChI=1S/C9H18O3/c10-8-4-2-1-3-6-9(11,12)7-5-8/h8,10-12H,1-7H2. The maximum atomic E-state index is 9.37. The van der Waals surface area contributed by atoms with Gasteiger partial charge in [-0.25, -0.2) is 0 Å². The molecule has 72 valence electrons. The normalized spacial score (nSPS) is 31.8. The lowest BCUT2D eigenvalue weighted by atomic mass is 10.0. The predicted octanol–water partition coefficient (Wildman–Crippen LogP) is 0.772. The Balaban J connectivity index is 2.40. The number of hydrogen-bond donors (Lipinski definition) is 3. The minimum Gasteiger partial charge on any atom is -0.393 e. The zero-order chi connectivity index (χ0) is 9.03. The van der Waals surface area contributed by atoms with E-state index in [1.807, 2.05) is 0 Å². The van der Waals surface area contributed by atoms with Gasteiger partial charge in [-0.1, -0.05) is 12.8 Å². The van der Waals surface area contributed by atoms with Crippen molar-refractivity contribution in [3.8, 4) is 0 Å². The van der Waals surface area contributed by atoms with Gasteiger partial charge in [0, 0.05) is 12.8 Å². The summed E-state index contributed by atoms with van der Waals surface area (Å²) < 4.78 is 0. The second-order valence-corrected chi connectivity index (χ2v) is 3.77. The summed E-state index contributed by atoms with van der Waals surface area (Å²) in [5.74, 6) is -1.54. The molecule has 1 aliphatic rings. The largest absolute Gasteiger partial charge is 0.393 e.